The highest BCUT2D eigenvalue weighted by atomic mass is 127. The SMILES string of the molecule is CCNC(=NCCCCN(C)C(C)C)NCCNC(=O)OC(C)(C)C.I. The summed E-state index contributed by atoms with van der Waals surface area (Å²) in [7, 11) is 2.15. The molecule has 0 atom stereocenters. The minimum absolute atomic E-state index is 0. The van der Waals surface area contributed by atoms with Crippen molar-refractivity contribution in [2.75, 3.05) is 39.8 Å². The van der Waals surface area contributed by atoms with Crippen LogP contribution in [0.4, 0.5) is 4.79 Å². The van der Waals surface area contributed by atoms with Crippen molar-refractivity contribution in [3.63, 3.8) is 0 Å². The molecule has 0 aromatic carbocycles. The third kappa shape index (κ3) is 16.7. The van der Waals surface area contributed by atoms with Crippen molar-refractivity contribution >= 4 is 36.0 Å². The van der Waals surface area contributed by atoms with Crippen molar-refractivity contribution in [2.45, 2.75) is 66.0 Å². The quantitative estimate of drug-likeness (QED) is 0.192. The maximum Gasteiger partial charge on any atom is 0.407 e. The molecule has 0 aliphatic rings. The molecule has 0 aliphatic heterocycles. The molecule has 0 aromatic heterocycles. The van der Waals surface area contributed by atoms with Crippen molar-refractivity contribution in [1.29, 1.82) is 0 Å². The highest BCUT2D eigenvalue weighted by Crippen LogP contribution is 2.05. The van der Waals surface area contributed by atoms with Gasteiger partial charge in [0.1, 0.15) is 5.60 Å². The first-order valence-corrected chi connectivity index (χ1v) is 9.35. The molecule has 3 N–H and O–H groups in total. The molecule has 1 amide bonds. The van der Waals surface area contributed by atoms with Crippen LogP contribution in [0.2, 0.25) is 0 Å². The van der Waals surface area contributed by atoms with Crippen molar-refractivity contribution in [3.8, 4) is 0 Å². The van der Waals surface area contributed by atoms with E-state index in [0.717, 1.165) is 38.4 Å². The zero-order valence-electron chi connectivity index (χ0n) is 17.6. The first-order chi connectivity index (χ1) is 11.7. The number of halogens is 1. The first kappa shape index (κ1) is 27.4. The first-order valence-electron chi connectivity index (χ1n) is 9.35. The normalized spacial score (nSPS) is 12.0. The molecule has 0 unspecified atom stereocenters. The molecule has 0 aliphatic carbocycles. The molecule has 0 radical (unpaired) electrons. The van der Waals surface area contributed by atoms with Crippen molar-refractivity contribution in [2.24, 2.45) is 4.99 Å². The van der Waals surface area contributed by atoms with Crippen LogP contribution in [0.15, 0.2) is 4.99 Å². The smallest absolute Gasteiger partial charge is 0.407 e. The van der Waals surface area contributed by atoms with Crippen LogP contribution in [0.5, 0.6) is 0 Å². The highest BCUT2D eigenvalue weighted by molar-refractivity contribution is 14.0. The number of carbonyl (C=O) groups is 1. The van der Waals surface area contributed by atoms with Crippen LogP contribution in [-0.4, -0.2) is 68.4 Å². The summed E-state index contributed by atoms with van der Waals surface area (Å²) in [5, 5.41) is 9.15. The van der Waals surface area contributed by atoms with Gasteiger partial charge in [0.05, 0.1) is 0 Å². The minimum Gasteiger partial charge on any atom is -0.444 e. The second-order valence-electron chi connectivity index (χ2n) is 7.40. The molecule has 26 heavy (non-hydrogen) atoms. The molecule has 0 aromatic rings. The summed E-state index contributed by atoms with van der Waals surface area (Å²) in [6, 6.07) is 0.583. The lowest BCUT2D eigenvalue weighted by atomic mass is 10.2. The second-order valence-corrected chi connectivity index (χ2v) is 7.40. The summed E-state index contributed by atoms with van der Waals surface area (Å²) in [5.41, 5.74) is -0.475. The maximum absolute atomic E-state index is 11.6. The van der Waals surface area contributed by atoms with E-state index in [1.54, 1.807) is 0 Å². The topological polar surface area (TPSA) is 78.0 Å². The number of guanidine groups is 1. The third-order valence-corrected chi connectivity index (χ3v) is 3.50. The summed E-state index contributed by atoms with van der Waals surface area (Å²) in [5.74, 6) is 0.783. The van der Waals surface area contributed by atoms with Gasteiger partial charge in [0.15, 0.2) is 5.96 Å². The van der Waals surface area contributed by atoms with Gasteiger partial charge in [0, 0.05) is 32.2 Å². The number of hydrogen-bond acceptors (Lipinski definition) is 4. The number of amides is 1. The van der Waals surface area contributed by atoms with Gasteiger partial charge in [-0.05, 0) is 68.0 Å². The number of nitrogens with zero attached hydrogens (tertiary/aromatic N) is 2. The summed E-state index contributed by atoms with van der Waals surface area (Å²) in [4.78, 5) is 18.5. The summed E-state index contributed by atoms with van der Waals surface area (Å²) < 4.78 is 5.19. The maximum atomic E-state index is 11.6. The van der Waals surface area contributed by atoms with E-state index in [-0.39, 0.29) is 24.0 Å². The Labute approximate surface area is 177 Å². The Kier molecular flexibility index (Phi) is 16.2. The van der Waals surface area contributed by atoms with E-state index >= 15 is 0 Å². The standard InChI is InChI=1S/C18H39N5O2.HI/c1-8-19-16(20-11-9-10-14-23(7)15(2)3)21-12-13-22-17(24)25-18(4,5)6;/h15H,8-14H2,1-7H3,(H,22,24)(H2,19,20,21);1H. The Morgan fingerprint density at radius 3 is 2.27 bits per heavy atom. The number of nitrogens with one attached hydrogen (secondary N) is 3. The van der Waals surface area contributed by atoms with E-state index in [4.69, 9.17) is 4.74 Å². The molecule has 0 heterocycles. The number of alkyl carbamates (subject to hydrolysis) is 1. The molecule has 0 saturated heterocycles. The molecule has 0 saturated carbocycles. The number of unbranched alkanes of at least 4 members (excludes halogenated alkanes) is 1. The second kappa shape index (κ2) is 15.3. The molecular formula is C18H40IN5O2. The predicted octanol–water partition coefficient (Wildman–Crippen LogP) is 2.80. The van der Waals surface area contributed by atoms with Crippen LogP contribution in [0.3, 0.4) is 0 Å². The molecule has 0 fully saturated rings. The van der Waals surface area contributed by atoms with Crippen molar-refractivity contribution < 1.29 is 9.53 Å². The lowest BCUT2D eigenvalue weighted by Gasteiger charge is -2.20. The Morgan fingerprint density at radius 1 is 1.12 bits per heavy atom. The molecule has 0 spiro atoms. The molecular weight excluding hydrogens is 445 g/mol. The summed E-state index contributed by atoms with van der Waals surface area (Å²) >= 11 is 0. The number of hydrogen-bond donors (Lipinski definition) is 3. The number of aliphatic imine (C=N–C) groups is 1. The Balaban J connectivity index is 0. The van der Waals surface area contributed by atoms with Crippen molar-refractivity contribution in [3.05, 3.63) is 0 Å². The summed E-state index contributed by atoms with van der Waals surface area (Å²) in [6.07, 6.45) is 1.80. The lowest BCUT2D eigenvalue weighted by Crippen LogP contribution is -2.42. The number of carbonyl (C=O) groups excluding carboxylic acids is 1. The monoisotopic (exact) mass is 485 g/mol. The van der Waals surface area contributed by atoms with Crippen LogP contribution < -0.4 is 16.0 Å². The van der Waals surface area contributed by atoms with E-state index in [0.29, 0.717) is 19.1 Å². The molecule has 7 nitrogen and oxygen atoms in total. The fourth-order valence-electron chi connectivity index (χ4n) is 1.92. The van der Waals surface area contributed by atoms with Crippen LogP contribution in [0.25, 0.3) is 0 Å². The van der Waals surface area contributed by atoms with E-state index in [9.17, 15) is 4.79 Å². The van der Waals surface area contributed by atoms with Gasteiger partial charge in [-0.15, -0.1) is 24.0 Å². The van der Waals surface area contributed by atoms with E-state index in [1.165, 1.54) is 0 Å². The highest BCUT2D eigenvalue weighted by Gasteiger charge is 2.15. The van der Waals surface area contributed by atoms with E-state index < -0.39 is 11.7 Å². The van der Waals surface area contributed by atoms with Gasteiger partial charge in [0.25, 0.3) is 0 Å². The number of ether oxygens (including phenoxy) is 1. The van der Waals surface area contributed by atoms with Crippen LogP contribution in [-0.2, 0) is 4.74 Å². The fraction of sp³-hybridized carbons (Fsp3) is 0.889. The van der Waals surface area contributed by atoms with Crippen molar-refractivity contribution in [1.82, 2.24) is 20.9 Å². The zero-order valence-corrected chi connectivity index (χ0v) is 20.0. The van der Waals surface area contributed by atoms with Gasteiger partial charge >= 0.3 is 6.09 Å². The largest absolute Gasteiger partial charge is 0.444 e. The number of rotatable bonds is 10. The van der Waals surface area contributed by atoms with Crippen LogP contribution >= 0.6 is 24.0 Å². The predicted molar refractivity (Wildman–Crippen MR) is 121 cm³/mol. The third-order valence-electron chi connectivity index (χ3n) is 3.50. The Bertz CT molecular complexity index is 398. The molecule has 156 valence electrons. The average molecular weight is 485 g/mol. The average Bonchev–Trinajstić information content (AvgIpc) is 2.48. The molecule has 8 heteroatoms. The Hall–Kier alpha value is -0.770. The van der Waals surface area contributed by atoms with Crippen LogP contribution in [0, 0.1) is 0 Å². The van der Waals surface area contributed by atoms with E-state index in [1.807, 2.05) is 27.7 Å². The van der Waals surface area contributed by atoms with Gasteiger partial charge < -0.3 is 25.6 Å². The van der Waals surface area contributed by atoms with Crippen LogP contribution in [0.1, 0.15) is 54.4 Å². The van der Waals surface area contributed by atoms with E-state index in [2.05, 4.69) is 46.7 Å². The van der Waals surface area contributed by atoms with Gasteiger partial charge in [-0.25, -0.2) is 4.79 Å². The van der Waals surface area contributed by atoms with Gasteiger partial charge in [-0.2, -0.15) is 0 Å². The summed E-state index contributed by atoms with van der Waals surface area (Å²) in [6.45, 7) is 15.8. The van der Waals surface area contributed by atoms with Gasteiger partial charge in [-0.1, -0.05) is 0 Å². The minimum atomic E-state index is -0.475. The van der Waals surface area contributed by atoms with Gasteiger partial charge in [-0.3, -0.25) is 4.99 Å². The zero-order chi connectivity index (χ0) is 19.3. The lowest BCUT2D eigenvalue weighted by molar-refractivity contribution is 0.0529. The van der Waals surface area contributed by atoms with Gasteiger partial charge in [0.2, 0.25) is 0 Å². The Morgan fingerprint density at radius 2 is 1.73 bits per heavy atom. The fourth-order valence-corrected chi connectivity index (χ4v) is 1.92. The molecule has 0 bridgehead atoms. The molecule has 0 rings (SSSR count).